The van der Waals surface area contributed by atoms with Crippen LogP contribution in [-0.4, -0.2) is 49.9 Å². The standard InChI is InChI=1S/C22H28F3N3O3/c1-4-26-21(28(2)15-16-5-8-18(9-6-16)22(23,24)25)27-14-17-7-10-19(31-12-11-29)20(13-17)30-3/h5-10,13,29H,4,11-12,14-15H2,1-3H3,(H,26,27). The Kier molecular flexibility index (Phi) is 8.99. The summed E-state index contributed by atoms with van der Waals surface area (Å²) in [6.07, 6.45) is -4.35. The molecule has 0 unspecified atom stereocenters. The first kappa shape index (κ1) is 24.3. The van der Waals surface area contributed by atoms with E-state index in [1.54, 1.807) is 6.07 Å². The number of aliphatic hydroxyl groups excluding tert-OH is 1. The minimum atomic E-state index is -4.35. The van der Waals surface area contributed by atoms with E-state index in [0.29, 0.717) is 37.1 Å². The Morgan fingerprint density at radius 2 is 1.77 bits per heavy atom. The monoisotopic (exact) mass is 439 g/mol. The highest BCUT2D eigenvalue weighted by Crippen LogP contribution is 2.29. The van der Waals surface area contributed by atoms with Gasteiger partial charge in [0.25, 0.3) is 0 Å². The Balaban J connectivity index is 2.10. The van der Waals surface area contributed by atoms with E-state index >= 15 is 0 Å². The van der Waals surface area contributed by atoms with Crippen molar-refractivity contribution in [1.29, 1.82) is 0 Å². The van der Waals surface area contributed by atoms with Gasteiger partial charge in [-0.25, -0.2) is 4.99 Å². The van der Waals surface area contributed by atoms with Crippen molar-refractivity contribution < 1.29 is 27.8 Å². The molecule has 170 valence electrons. The van der Waals surface area contributed by atoms with Gasteiger partial charge in [0.15, 0.2) is 17.5 Å². The predicted molar refractivity (Wildman–Crippen MR) is 113 cm³/mol. The first-order valence-electron chi connectivity index (χ1n) is 9.84. The lowest BCUT2D eigenvalue weighted by Crippen LogP contribution is -2.38. The predicted octanol–water partition coefficient (Wildman–Crippen LogP) is 3.68. The van der Waals surface area contributed by atoms with E-state index < -0.39 is 11.7 Å². The van der Waals surface area contributed by atoms with Crippen LogP contribution in [-0.2, 0) is 19.3 Å². The van der Waals surface area contributed by atoms with Crippen LogP contribution in [0.4, 0.5) is 13.2 Å². The van der Waals surface area contributed by atoms with E-state index in [4.69, 9.17) is 14.6 Å². The average Bonchev–Trinajstić information content (AvgIpc) is 2.75. The zero-order valence-electron chi connectivity index (χ0n) is 17.9. The molecule has 0 spiro atoms. The Morgan fingerprint density at radius 1 is 1.10 bits per heavy atom. The van der Waals surface area contributed by atoms with Crippen molar-refractivity contribution in [2.45, 2.75) is 26.2 Å². The molecular formula is C22H28F3N3O3. The maximum Gasteiger partial charge on any atom is 0.416 e. The van der Waals surface area contributed by atoms with Crippen LogP contribution >= 0.6 is 0 Å². The molecule has 0 saturated carbocycles. The number of halogens is 3. The van der Waals surface area contributed by atoms with Crippen LogP contribution in [0.25, 0.3) is 0 Å². The molecule has 0 aliphatic rings. The Hall–Kier alpha value is -2.94. The summed E-state index contributed by atoms with van der Waals surface area (Å²) in [6.45, 7) is 3.45. The number of alkyl halides is 3. The highest BCUT2D eigenvalue weighted by molar-refractivity contribution is 5.79. The molecule has 0 fully saturated rings. The number of nitrogens with zero attached hydrogens (tertiary/aromatic N) is 2. The lowest BCUT2D eigenvalue weighted by Gasteiger charge is -2.22. The zero-order valence-corrected chi connectivity index (χ0v) is 17.9. The van der Waals surface area contributed by atoms with E-state index in [-0.39, 0.29) is 13.2 Å². The number of rotatable bonds is 9. The summed E-state index contributed by atoms with van der Waals surface area (Å²) in [5.41, 5.74) is 0.972. The SMILES string of the molecule is CCNC(=NCc1ccc(OCCO)c(OC)c1)N(C)Cc1ccc(C(F)(F)F)cc1. The van der Waals surface area contributed by atoms with Gasteiger partial charge in [0, 0.05) is 20.1 Å². The molecule has 31 heavy (non-hydrogen) atoms. The fourth-order valence-electron chi connectivity index (χ4n) is 2.87. The summed E-state index contributed by atoms with van der Waals surface area (Å²) in [5.74, 6) is 1.71. The fraction of sp³-hybridized carbons (Fsp3) is 0.409. The van der Waals surface area contributed by atoms with E-state index in [2.05, 4.69) is 10.3 Å². The zero-order chi connectivity index (χ0) is 22.9. The maximum atomic E-state index is 12.7. The van der Waals surface area contributed by atoms with Gasteiger partial charge >= 0.3 is 6.18 Å². The number of hydrogen-bond acceptors (Lipinski definition) is 4. The van der Waals surface area contributed by atoms with Crippen molar-refractivity contribution in [3.05, 3.63) is 59.2 Å². The number of aliphatic imine (C=N–C) groups is 1. The molecule has 0 heterocycles. The molecule has 0 atom stereocenters. The van der Waals surface area contributed by atoms with Gasteiger partial charge in [0.05, 0.1) is 25.8 Å². The second-order valence-electron chi connectivity index (χ2n) is 6.78. The molecule has 2 aromatic carbocycles. The molecule has 0 saturated heterocycles. The normalized spacial score (nSPS) is 11.9. The smallest absolute Gasteiger partial charge is 0.416 e. The molecule has 9 heteroatoms. The van der Waals surface area contributed by atoms with E-state index in [9.17, 15) is 13.2 Å². The lowest BCUT2D eigenvalue weighted by molar-refractivity contribution is -0.137. The molecule has 2 aromatic rings. The molecule has 0 aliphatic carbocycles. The molecule has 2 N–H and O–H groups in total. The van der Waals surface area contributed by atoms with E-state index in [0.717, 1.165) is 23.3 Å². The van der Waals surface area contributed by atoms with Crippen LogP contribution in [0.3, 0.4) is 0 Å². The van der Waals surface area contributed by atoms with Gasteiger partial charge in [-0.15, -0.1) is 0 Å². The molecule has 0 aliphatic heterocycles. The van der Waals surface area contributed by atoms with Crippen LogP contribution in [0.2, 0.25) is 0 Å². The topological polar surface area (TPSA) is 66.3 Å². The number of aliphatic hydroxyl groups is 1. The summed E-state index contributed by atoms with van der Waals surface area (Å²) < 4.78 is 49.0. The number of hydrogen-bond donors (Lipinski definition) is 2. The number of methoxy groups -OCH3 is 1. The number of guanidine groups is 1. The van der Waals surface area contributed by atoms with Crippen LogP contribution in [0.15, 0.2) is 47.5 Å². The van der Waals surface area contributed by atoms with Crippen LogP contribution in [0.5, 0.6) is 11.5 Å². The van der Waals surface area contributed by atoms with Crippen LogP contribution in [0.1, 0.15) is 23.6 Å². The van der Waals surface area contributed by atoms with Crippen molar-refractivity contribution in [2.24, 2.45) is 4.99 Å². The second-order valence-corrected chi connectivity index (χ2v) is 6.78. The highest BCUT2D eigenvalue weighted by atomic mass is 19.4. The Bertz CT molecular complexity index is 855. The van der Waals surface area contributed by atoms with Crippen molar-refractivity contribution in [3.8, 4) is 11.5 Å². The van der Waals surface area contributed by atoms with Gasteiger partial charge in [-0.05, 0) is 42.3 Å². The molecule has 0 bridgehead atoms. The van der Waals surface area contributed by atoms with Gasteiger partial charge in [0.2, 0.25) is 0 Å². The summed E-state index contributed by atoms with van der Waals surface area (Å²) in [7, 11) is 3.36. The fourth-order valence-corrected chi connectivity index (χ4v) is 2.87. The minimum Gasteiger partial charge on any atom is -0.493 e. The molecule has 0 aromatic heterocycles. The second kappa shape index (κ2) is 11.5. The van der Waals surface area contributed by atoms with Gasteiger partial charge in [-0.1, -0.05) is 18.2 Å². The Labute approximate surface area is 180 Å². The largest absolute Gasteiger partial charge is 0.493 e. The van der Waals surface area contributed by atoms with Gasteiger partial charge in [0.1, 0.15) is 6.61 Å². The first-order valence-corrected chi connectivity index (χ1v) is 9.84. The molecule has 0 radical (unpaired) electrons. The van der Waals surface area contributed by atoms with Gasteiger partial charge in [-0.2, -0.15) is 13.2 Å². The van der Waals surface area contributed by atoms with Crippen molar-refractivity contribution >= 4 is 5.96 Å². The number of ether oxygens (including phenoxy) is 2. The van der Waals surface area contributed by atoms with Crippen molar-refractivity contribution in [3.63, 3.8) is 0 Å². The minimum absolute atomic E-state index is 0.0908. The molecule has 2 rings (SSSR count). The Morgan fingerprint density at radius 3 is 2.35 bits per heavy atom. The van der Waals surface area contributed by atoms with Gasteiger partial charge < -0.3 is 24.8 Å². The number of benzene rings is 2. The third kappa shape index (κ3) is 7.36. The summed E-state index contributed by atoms with van der Waals surface area (Å²) in [6, 6.07) is 10.5. The maximum absolute atomic E-state index is 12.7. The first-order chi connectivity index (χ1) is 14.8. The summed E-state index contributed by atoms with van der Waals surface area (Å²) in [5, 5.41) is 12.1. The van der Waals surface area contributed by atoms with Crippen LogP contribution in [0, 0.1) is 0 Å². The summed E-state index contributed by atoms with van der Waals surface area (Å²) >= 11 is 0. The number of nitrogens with one attached hydrogen (secondary N) is 1. The average molecular weight is 439 g/mol. The third-order valence-electron chi connectivity index (χ3n) is 4.39. The molecule has 0 amide bonds. The van der Waals surface area contributed by atoms with Crippen molar-refractivity contribution in [1.82, 2.24) is 10.2 Å². The quantitative estimate of drug-likeness (QED) is 0.461. The highest BCUT2D eigenvalue weighted by Gasteiger charge is 2.29. The van der Waals surface area contributed by atoms with E-state index in [1.165, 1.54) is 19.2 Å². The van der Waals surface area contributed by atoms with Crippen molar-refractivity contribution in [2.75, 3.05) is 33.9 Å². The lowest BCUT2D eigenvalue weighted by atomic mass is 10.1. The van der Waals surface area contributed by atoms with Gasteiger partial charge in [-0.3, -0.25) is 0 Å². The third-order valence-corrected chi connectivity index (χ3v) is 4.39. The van der Waals surface area contributed by atoms with E-state index in [1.807, 2.05) is 31.0 Å². The summed E-state index contributed by atoms with van der Waals surface area (Å²) in [4.78, 5) is 6.47. The molecule has 6 nitrogen and oxygen atoms in total. The molecular weight excluding hydrogens is 411 g/mol. The van der Waals surface area contributed by atoms with Crippen LogP contribution < -0.4 is 14.8 Å².